The first kappa shape index (κ1) is 20.1. The van der Waals surface area contributed by atoms with E-state index in [1.165, 1.54) is 23.8 Å². The minimum absolute atomic E-state index is 0.00145. The summed E-state index contributed by atoms with van der Waals surface area (Å²) < 4.78 is 2.19. The number of benzene rings is 2. The summed E-state index contributed by atoms with van der Waals surface area (Å²) in [6.07, 6.45) is 5.63. The zero-order valence-corrected chi connectivity index (χ0v) is 17.9. The third-order valence-corrected chi connectivity index (χ3v) is 6.58. The third kappa shape index (κ3) is 4.25. The molecular formula is C21H19Cl2N3O2S. The first-order valence-electron chi connectivity index (χ1n) is 9.48. The van der Waals surface area contributed by atoms with Crippen LogP contribution in [-0.2, 0) is 0 Å². The zero-order valence-electron chi connectivity index (χ0n) is 15.6. The van der Waals surface area contributed by atoms with Crippen molar-refractivity contribution in [2.45, 2.75) is 38.1 Å². The van der Waals surface area contributed by atoms with Crippen molar-refractivity contribution in [1.29, 1.82) is 0 Å². The lowest BCUT2D eigenvalue weighted by molar-refractivity contribution is -0.384. The fourth-order valence-electron chi connectivity index (χ4n) is 3.80. The van der Waals surface area contributed by atoms with Crippen LogP contribution in [0, 0.1) is 10.1 Å². The standard InChI is InChI=1S/C21H19Cl2N3O2S/c22-14-10-11-17(23)16(12-14)20-13-29-21(25(20)15-6-2-1-3-7-15)24-18-8-4-5-9-19(18)26(27)28/h4-5,8-13,15H,1-3,6-7H2. The van der Waals surface area contributed by atoms with Gasteiger partial charge in [0.2, 0.25) is 0 Å². The van der Waals surface area contributed by atoms with E-state index in [2.05, 4.69) is 4.57 Å². The first-order valence-corrected chi connectivity index (χ1v) is 11.1. The lowest BCUT2D eigenvalue weighted by Crippen LogP contribution is -2.23. The number of nitro benzene ring substituents is 1. The van der Waals surface area contributed by atoms with E-state index in [1.807, 2.05) is 11.4 Å². The van der Waals surface area contributed by atoms with Crippen molar-refractivity contribution in [3.8, 4) is 11.3 Å². The topological polar surface area (TPSA) is 60.4 Å². The van der Waals surface area contributed by atoms with Crippen molar-refractivity contribution in [3.63, 3.8) is 0 Å². The summed E-state index contributed by atoms with van der Waals surface area (Å²) in [5.74, 6) is 0. The van der Waals surface area contributed by atoms with Crippen LogP contribution in [0.2, 0.25) is 10.0 Å². The predicted molar refractivity (Wildman–Crippen MR) is 118 cm³/mol. The molecule has 0 saturated heterocycles. The van der Waals surface area contributed by atoms with E-state index in [1.54, 1.807) is 30.3 Å². The van der Waals surface area contributed by atoms with Crippen LogP contribution >= 0.6 is 34.5 Å². The highest BCUT2D eigenvalue weighted by Gasteiger charge is 2.22. The Morgan fingerprint density at radius 1 is 1.10 bits per heavy atom. The van der Waals surface area contributed by atoms with Crippen molar-refractivity contribution in [2.75, 3.05) is 0 Å². The molecule has 1 heterocycles. The molecule has 2 aromatic carbocycles. The van der Waals surface area contributed by atoms with Gasteiger partial charge in [0.05, 0.1) is 15.6 Å². The Balaban J connectivity index is 1.93. The van der Waals surface area contributed by atoms with E-state index >= 15 is 0 Å². The summed E-state index contributed by atoms with van der Waals surface area (Å²) in [5, 5.41) is 14.7. The van der Waals surface area contributed by atoms with Crippen molar-refractivity contribution in [1.82, 2.24) is 4.57 Å². The van der Waals surface area contributed by atoms with Gasteiger partial charge in [0, 0.05) is 28.1 Å². The summed E-state index contributed by atoms with van der Waals surface area (Å²) in [7, 11) is 0. The number of para-hydroxylation sites is 2. The van der Waals surface area contributed by atoms with Crippen LogP contribution in [-0.4, -0.2) is 9.49 Å². The molecule has 3 aromatic rings. The second-order valence-corrected chi connectivity index (χ2v) is 8.73. The minimum atomic E-state index is -0.397. The number of hydrogen-bond donors (Lipinski definition) is 0. The lowest BCUT2D eigenvalue weighted by atomic mass is 9.95. The second kappa shape index (κ2) is 8.69. The average Bonchev–Trinajstić information content (AvgIpc) is 3.14. The Morgan fingerprint density at radius 3 is 2.62 bits per heavy atom. The van der Waals surface area contributed by atoms with Crippen LogP contribution in [0.5, 0.6) is 0 Å². The molecule has 5 nitrogen and oxygen atoms in total. The van der Waals surface area contributed by atoms with E-state index in [9.17, 15) is 10.1 Å². The van der Waals surface area contributed by atoms with Crippen LogP contribution < -0.4 is 4.80 Å². The molecule has 1 fully saturated rings. The molecule has 1 aliphatic carbocycles. The monoisotopic (exact) mass is 447 g/mol. The molecule has 4 rings (SSSR count). The predicted octanol–water partition coefficient (Wildman–Crippen LogP) is 7.17. The molecule has 0 aliphatic heterocycles. The van der Waals surface area contributed by atoms with Crippen molar-refractivity contribution < 1.29 is 4.92 Å². The Bertz CT molecular complexity index is 1120. The van der Waals surface area contributed by atoms with Crippen molar-refractivity contribution in [2.24, 2.45) is 4.99 Å². The van der Waals surface area contributed by atoms with Crippen LogP contribution in [0.3, 0.4) is 0 Å². The maximum absolute atomic E-state index is 11.4. The van der Waals surface area contributed by atoms with Crippen LogP contribution in [0.1, 0.15) is 38.1 Å². The quantitative estimate of drug-likeness (QED) is 0.314. The number of halogens is 2. The summed E-state index contributed by atoms with van der Waals surface area (Å²) in [4.78, 5) is 16.5. The van der Waals surface area contributed by atoms with Gasteiger partial charge in [-0.15, -0.1) is 11.3 Å². The molecule has 150 valence electrons. The van der Waals surface area contributed by atoms with Gasteiger partial charge in [-0.05, 0) is 37.1 Å². The molecule has 0 N–H and O–H groups in total. The molecule has 0 unspecified atom stereocenters. The number of hydrogen-bond acceptors (Lipinski definition) is 4. The Hall–Kier alpha value is -2.15. The molecule has 29 heavy (non-hydrogen) atoms. The normalized spacial score (nSPS) is 15.6. The summed E-state index contributed by atoms with van der Waals surface area (Å²) in [6.45, 7) is 0. The van der Waals surface area contributed by atoms with Gasteiger partial charge in [-0.3, -0.25) is 10.1 Å². The number of rotatable bonds is 4. The number of nitro groups is 1. The molecule has 1 aromatic heterocycles. The number of thiazole rings is 1. The van der Waals surface area contributed by atoms with Crippen LogP contribution in [0.15, 0.2) is 52.8 Å². The molecule has 0 atom stereocenters. The van der Waals surface area contributed by atoms with E-state index in [0.29, 0.717) is 15.7 Å². The first-order chi connectivity index (χ1) is 14.0. The maximum atomic E-state index is 11.4. The highest BCUT2D eigenvalue weighted by atomic mass is 35.5. The molecule has 1 aliphatic rings. The van der Waals surface area contributed by atoms with Gasteiger partial charge < -0.3 is 4.57 Å². The fraction of sp³-hybridized carbons (Fsp3) is 0.286. The van der Waals surface area contributed by atoms with Crippen molar-refractivity contribution in [3.05, 3.63) is 72.8 Å². The summed E-state index contributed by atoms with van der Waals surface area (Å²) >= 11 is 14.2. The zero-order chi connectivity index (χ0) is 20.4. The van der Waals surface area contributed by atoms with Gasteiger partial charge >= 0.3 is 0 Å². The highest BCUT2D eigenvalue weighted by Crippen LogP contribution is 2.36. The van der Waals surface area contributed by atoms with Gasteiger partial charge in [0.1, 0.15) is 5.69 Å². The van der Waals surface area contributed by atoms with Gasteiger partial charge in [-0.2, -0.15) is 0 Å². The van der Waals surface area contributed by atoms with Gasteiger partial charge in [-0.1, -0.05) is 54.6 Å². The highest BCUT2D eigenvalue weighted by molar-refractivity contribution is 7.07. The molecule has 0 radical (unpaired) electrons. The van der Waals surface area contributed by atoms with E-state index in [4.69, 9.17) is 28.2 Å². The van der Waals surface area contributed by atoms with E-state index < -0.39 is 4.92 Å². The smallest absolute Gasteiger partial charge is 0.294 e. The fourth-order valence-corrected chi connectivity index (χ4v) is 5.16. The lowest BCUT2D eigenvalue weighted by Gasteiger charge is -2.25. The molecular weight excluding hydrogens is 429 g/mol. The van der Waals surface area contributed by atoms with Crippen LogP contribution in [0.4, 0.5) is 11.4 Å². The average molecular weight is 448 g/mol. The maximum Gasteiger partial charge on any atom is 0.294 e. The Labute approximate surface area is 182 Å². The second-order valence-electron chi connectivity index (χ2n) is 7.05. The molecule has 0 amide bonds. The largest absolute Gasteiger partial charge is 0.313 e. The van der Waals surface area contributed by atoms with Gasteiger partial charge in [0.15, 0.2) is 4.80 Å². The molecule has 8 heteroatoms. The SMILES string of the molecule is O=[N+]([O-])c1ccccc1N=c1scc(-c2cc(Cl)ccc2Cl)n1C1CCCCC1. The minimum Gasteiger partial charge on any atom is -0.313 e. The summed E-state index contributed by atoms with van der Waals surface area (Å²) in [5.41, 5.74) is 2.16. The molecule has 0 spiro atoms. The Morgan fingerprint density at radius 2 is 1.86 bits per heavy atom. The van der Waals surface area contributed by atoms with Gasteiger partial charge in [-0.25, -0.2) is 4.99 Å². The Kier molecular flexibility index (Phi) is 6.04. The summed E-state index contributed by atoms with van der Waals surface area (Å²) in [6, 6.07) is 12.3. The molecule has 1 saturated carbocycles. The number of aromatic nitrogens is 1. The van der Waals surface area contributed by atoms with Crippen molar-refractivity contribution >= 4 is 45.9 Å². The van der Waals surface area contributed by atoms with E-state index in [-0.39, 0.29) is 11.7 Å². The third-order valence-electron chi connectivity index (χ3n) is 5.18. The van der Waals surface area contributed by atoms with Gasteiger partial charge in [0.25, 0.3) is 5.69 Å². The van der Waals surface area contributed by atoms with Crippen LogP contribution in [0.25, 0.3) is 11.3 Å². The van der Waals surface area contributed by atoms with E-state index in [0.717, 1.165) is 41.7 Å². The number of nitrogens with zero attached hydrogens (tertiary/aromatic N) is 3. The molecule has 0 bridgehead atoms.